The highest BCUT2D eigenvalue weighted by atomic mass is 35.5. The smallest absolute Gasteiger partial charge is 0.419 e. The van der Waals surface area contributed by atoms with Crippen molar-refractivity contribution in [2.75, 3.05) is 0 Å². The zero-order valence-electron chi connectivity index (χ0n) is 17.7. The second-order valence-electron chi connectivity index (χ2n) is 8.21. The first kappa shape index (κ1) is 21.9. The largest absolute Gasteiger partial charge is 0.490 e. The topological polar surface area (TPSA) is 23.4 Å². The molecule has 1 atom stereocenters. The Kier molecular flexibility index (Phi) is 5.86. The van der Waals surface area contributed by atoms with Crippen LogP contribution >= 0.6 is 11.6 Å². The van der Waals surface area contributed by atoms with Crippen molar-refractivity contribution in [1.29, 1.82) is 0 Å². The van der Waals surface area contributed by atoms with Gasteiger partial charge in [-0.15, -0.1) is 0 Å². The molecule has 2 aromatic carbocycles. The zero-order valence-corrected chi connectivity index (χ0v) is 18.5. The van der Waals surface area contributed by atoms with Crippen molar-refractivity contribution in [3.8, 4) is 11.5 Å². The lowest BCUT2D eigenvalue weighted by Crippen LogP contribution is -2.13. The lowest BCUT2D eigenvalue weighted by atomic mass is 10.0. The van der Waals surface area contributed by atoms with Crippen LogP contribution < -0.4 is 9.47 Å². The van der Waals surface area contributed by atoms with Crippen molar-refractivity contribution in [1.82, 2.24) is 4.57 Å². The van der Waals surface area contributed by atoms with Gasteiger partial charge < -0.3 is 14.0 Å². The molecule has 166 valence electrons. The highest BCUT2D eigenvalue weighted by Gasteiger charge is 2.35. The van der Waals surface area contributed by atoms with E-state index in [1.54, 1.807) is 19.9 Å². The summed E-state index contributed by atoms with van der Waals surface area (Å²) < 4.78 is 53.8. The van der Waals surface area contributed by atoms with Gasteiger partial charge in [-0.25, -0.2) is 0 Å². The maximum atomic E-state index is 13.5. The molecule has 1 aliphatic rings. The fourth-order valence-corrected chi connectivity index (χ4v) is 4.68. The third-order valence-electron chi connectivity index (χ3n) is 5.71. The van der Waals surface area contributed by atoms with Gasteiger partial charge in [-0.3, -0.25) is 0 Å². The Hall–Kier alpha value is -2.34. The van der Waals surface area contributed by atoms with Crippen LogP contribution in [0.2, 0.25) is 5.02 Å². The predicted octanol–water partition coefficient (Wildman–Crippen LogP) is 7.58. The molecule has 0 saturated carbocycles. The van der Waals surface area contributed by atoms with E-state index in [0.29, 0.717) is 17.2 Å². The molecule has 1 aliphatic heterocycles. The maximum absolute atomic E-state index is 13.5. The van der Waals surface area contributed by atoms with Gasteiger partial charge in [-0.05, 0) is 62.6 Å². The molecule has 0 radical (unpaired) electrons. The molecular weight excluding hydrogens is 427 g/mol. The fraction of sp³-hybridized carbons (Fsp3) is 0.417. The molecule has 31 heavy (non-hydrogen) atoms. The molecule has 0 saturated heterocycles. The summed E-state index contributed by atoms with van der Waals surface area (Å²) in [5, 5.41) is 1.67. The van der Waals surface area contributed by atoms with E-state index in [4.69, 9.17) is 21.1 Å². The van der Waals surface area contributed by atoms with Gasteiger partial charge in [0, 0.05) is 23.5 Å². The van der Waals surface area contributed by atoms with Crippen molar-refractivity contribution in [3.63, 3.8) is 0 Å². The number of hydrogen-bond acceptors (Lipinski definition) is 2. The van der Waals surface area contributed by atoms with Crippen molar-refractivity contribution in [2.24, 2.45) is 0 Å². The Bertz CT molecular complexity index is 1100. The molecule has 0 aliphatic carbocycles. The highest BCUT2D eigenvalue weighted by molar-refractivity contribution is 6.36. The summed E-state index contributed by atoms with van der Waals surface area (Å²) >= 11 is 6.68. The number of aromatic nitrogens is 1. The number of nitrogens with zero attached hydrogens (tertiary/aromatic N) is 1. The summed E-state index contributed by atoms with van der Waals surface area (Å²) in [7, 11) is 0. The van der Waals surface area contributed by atoms with Crippen LogP contribution in [-0.4, -0.2) is 10.7 Å². The standard InChI is InChI=1S/C24H25ClF3NO2/c1-4-16-9-10-29-20-7-6-17(12-18(20)22(25)23(16)29)30-13-15-5-8-21(31-14(2)3)19(11-15)24(26,27)28/h5-8,11-12,14,16H,4,9-10,13H2,1-3H3/t16-/m0/s1. The number of halogens is 4. The highest BCUT2D eigenvalue weighted by Crippen LogP contribution is 2.43. The summed E-state index contributed by atoms with van der Waals surface area (Å²) in [5.41, 5.74) is 1.86. The van der Waals surface area contributed by atoms with E-state index in [0.717, 1.165) is 41.4 Å². The van der Waals surface area contributed by atoms with Crippen molar-refractivity contribution < 1.29 is 22.6 Å². The Morgan fingerprint density at radius 1 is 1.16 bits per heavy atom. The number of benzene rings is 2. The van der Waals surface area contributed by atoms with Crippen LogP contribution in [0.15, 0.2) is 36.4 Å². The molecule has 4 rings (SSSR count). The molecule has 0 N–H and O–H groups in total. The van der Waals surface area contributed by atoms with E-state index in [1.807, 2.05) is 18.2 Å². The molecular formula is C24H25ClF3NO2. The first-order valence-electron chi connectivity index (χ1n) is 10.5. The minimum absolute atomic E-state index is 0.0132. The normalized spacial score (nSPS) is 16.2. The van der Waals surface area contributed by atoms with Gasteiger partial charge in [0.25, 0.3) is 0 Å². The number of hydrogen-bond donors (Lipinski definition) is 0. The van der Waals surface area contributed by atoms with Crippen molar-refractivity contribution >= 4 is 22.5 Å². The molecule has 0 fully saturated rings. The van der Waals surface area contributed by atoms with Crippen LogP contribution in [0.25, 0.3) is 10.9 Å². The Labute approximate surface area is 184 Å². The van der Waals surface area contributed by atoms with Crippen molar-refractivity contribution in [3.05, 3.63) is 58.2 Å². The molecule has 2 heterocycles. The number of ether oxygens (including phenoxy) is 2. The minimum atomic E-state index is -4.50. The Morgan fingerprint density at radius 3 is 2.61 bits per heavy atom. The molecule has 1 aromatic heterocycles. The molecule has 0 amide bonds. The second kappa shape index (κ2) is 8.30. The van der Waals surface area contributed by atoms with Gasteiger partial charge in [-0.1, -0.05) is 24.6 Å². The second-order valence-corrected chi connectivity index (χ2v) is 8.59. The van der Waals surface area contributed by atoms with Gasteiger partial charge in [0.15, 0.2) is 0 Å². The lowest BCUT2D eigenvalue weighted by Gasteiger charge is -2.17. The number of aryl methyl sites for hydroxylation is 1. The third-order valence-corrected chi connectivity index (χ3v) is 6.11. The van der Waals surface area contributed by atoms with E-state index in [9.17, 15) is 13.2 Å². The van der Waals surface area contributed by atoms with E-state index >= 15 is 0 Å². The van der Waals surface area contributed by atoms with Crippen LogP contribution in [-0.2, 0) is 19.3 Å². The number of rotatable bonds is 6. The SMILES string of the molecule is CC[C@H]1CCn2c1c(Cl)c1cc(OCc3ccc(OC(C)C)c(C(F)(F)F)c3)ccc12. The monoisotopic (exact) mass is 451 g/mol. The zero-order chi connectivity index (χ0) is 22.3. The quantitative estimate of drug-likeness (QED) is 0.385. The number of fused-ring (bicyclic) bond motifs is 3. The van der Waals surface area contributed by atoms with Crippen molar-refractivity contribution in [2.45, 2.75) is 65.0 Å². The lowest BCUT2D eigenvalue weighted by molar-refractivity contribution is -0.139. The molecule has 3 aromatic rings. The van der Waals surface area contributed by atoms with E-state index < -0.39 is 11.7 Å². The van der Waals surface area contributed by atoms with Crippen LogP contribution in [0.1, 0.15) is 56.4 Å². The summed E-state index contributed by atoms with van der Waals surface area (Å²) in [5.74, 6) is 0.854. The first-order chi connectivity index (χ1) is 14.7. The summed E-state index contributed by atoms with van der Waals surface area (Å²) in [4.78, 5) is 0. The van der Waals surface area contributed by atoms with Crippen LogP contribution in [0.3, 0.4) is 0 Å². The summed E-state index contributed by atoms with van der Waals surface area (Å²) in [6.07, 6.45) is -2.72. The molecule has 7 heteroatoms. The van der Waals surface area contributed by atoms with Crippen LogP contribution in [0, 0.1) is 0 Å². The van der Waals surface area contributed by atoms with E-state index in [1.165, 1.54) is 11.8 Å². The fourth-order valence-electron chi connectivity index (χ4n) is 4.27. The summed E-state index contributed by atoms with van der Waals surface area (Å²) in [6, 6.07) is 9.71. The van der Waals surface area contributed by atoms with E-state index in [-0.39, 0.29) is 18.5 Å². The Balaban J connectivity index is 1.57. The molecule has 0 spiro atoms. The van der Waals surface area contributed by atoms with Gasteiger partial charge in [0.1, 0.15) is 18.1 Å². The summed E-state index contributed by atoms with van der Waals surface area (Å²) in [6.45, 7) is 6.51. The van der Waals surface area contributed by atoms with Gasteiger partial charge in [0.05, 0.1) is 22.2 Å². The van der Waals surface area contributed by atoms with E-state index in [2.05, 4.69) is 11.5 Å². The van der Waals surface area contributed by atoms with Crippen LogP contribution in [0.4, 0.5) is 13.2 Å². The van der Waals surface area contributed by atoms with Crippen LogP contribution in [0.5, 0.6) is 11.5 Å². The van der Waals surface area contributed by atoms with Gasteiger partial charge in [0.2, 0.25) is 0 Å². The molecule has 0 unspecified atom stereocenters. The average molecular weight is 452 g/mol. The minimum Gasteiger partial charge on any atom is -0.490 e. The molecule has 3 nitrogen and oxygen atoms in total. The molecule has 0 bridgehead atoms. The van der Waals surface area contributed by atoms with Gasteiger partial charge >= 0.3 is 6.18 Å². The number of alkyl halides is 3. The first-order valence-corrected chi connectivity index (χ1v) is 10.9. The average Bonchev–Trinajstić information content (AvgIpc) is 3.25. The predicted molar refractivity (Wildman–Crippen MR) is 116 cm³/mol. The van der Waals surface area contributed by atoms with Gasteiger partial charge in [-0.2, -0.15) is 13.2 Å². The maximum Gasteiger partial charge on any atom is 0.419 e. The Morgan fingerprint density at radius 2 is 1.94 bits per heavy atom. The third kappa shape index (κ3) is 4.22.